The van der Waals surface area contributed by atoms with Gasteiger partial charge in [-0.15, -0.1) is 0 Å². The molecule has 1 fully saturated rings. The molecule has 1 saturated carbocycles. The molecule has 0 saturated heterocycles. The van der Waals surface area contributed by atoms with Crippen molar-refractivity contribution in [2.24, 2.45) is 5.41 Å². The average Bonchev–Trinajstić information content (AvgIpc) is 2.27. The topological polar surface area (TPSA) is 67.2 Å². The number of hydrogen-bond donors (Lipinski definition) is 3. The fraction of sp³-hybridized carbons (Fsp3) is 0.533. The maximum Gasteiger partial charge on any atom is 0.319 e. The van der Waals surface area contributed by atoms with E-state index >= 15 is 0 Å². The van der Waals surface area contributed by atoms with Crippen LogP contribution in [-0.2, 0) is 0 Å². The third kappa shape index (κ3) is 4.16. The molecule has 1 aliphatic carbocycles. The van der Waals surface area contributed by atoms with Gasteiger partial charge < -0.3 is 16.4 Å². The summed E-state index contributed by atoms with van der Waals surface area (Å²) in [5, 5.41) is 5.88. The van der Waals surface area contributed by atoms with Crippen LogP contribution in [0, 0.1) is 5.41 Å². The van der Waals surface area contributed by atoms with Crippen LogP contribution in [0.5, 0.6) is 0 Å². The van der Waals surface area contributed by atoms with Crippen molar-refractivity contribution in [3.8, 4) is 0 Å². The molecule has 1 aromatic carbocycles. The molecule has 0 aromatic heterocycles. The Labute approximate surface area is 114 Å². The summed E-state index contributed by atoms with van der Waals surface area (Å²) >= 11 is 0. The predicted molar refractivity (Wildman–Crippen MR) is 79.0 cm³/mol. The smallest absolute Gasteiger partial charge is 0.319 e. The Balaban J connectivity index is 1.87. The van der Waals surface area contributed by atoms with Gasteiger partial charge in [-0.3, -0.25) is 0 Å². The number of carbonyl (C=O) groups is 1. The molecule has 0 radical (unpaired) electrons. The third-order valence-electron chi connectivity index (χ3n) is 3.68. The number of carbonyl (C=O) groups excluding carboxylic acids is 1. The molecule has 0 aliphatic heterocycles. The van der Waals surface area contributed by atoms with Crippen LogP contribution in [0.4, 0.5) is 16.2 Å². The fourth-order valence-electron chi connectivity index (χ4n) is 2.79. The van der Waals surface area contributed by atoms with Gasteiger partial charge in [0, 0.05) is 17.4 Å². The molecule has 1 atom stereocenters. The second-order valence-corrected chi connectivity index (χ2v) is 6.18. The first-order valence-electron chi connectivity index (χ1n) is 6.88. The van der Waals surface area contributed by atoms with E-state index in [0.717, 1.165) is 18.5 Å². The predicted octanol–water partition coefficient (Wildman–Crippen LogP) is 3.36. The lowest BCUT2D eigenvalue weighted by Crippen LogP contribution is -2.42. The number of rotatable bonds is 2. The molecule has 4 heteroatoms. The summed E-state index contributed by atoms with van der Waals surface area (Å²) in [5.74, 6) is 0. The largest absolute Gasteiger partial charge is 0.399 e. The number of nitrogens with one attached hydrogen (secondary N) is 2. The van der Waals surface area contributed by atoms with Gasteiger partial charge in [-0.25, -0.2) is 4.79 Å². The SMILES string of the molecule is CC1(C)CCCC(NC(=O)Nc2cccc(N)c2)C1. The molecule has 4 N–H and O–H groups in total. The standard InChI is InChI=1S/C15H23N3O/c1-15(2)8-4-7-13(10-15)18-14(19)17-12-6-3-5-11(16)9-12/h3,5-6,9,13H,4,7-8,10,16H2,1-2H3,(H2,17,18,19). The molecular formula is C15H23N3O. The van der Waals surface area contributed by atoms with Crippen LogP contribution in [0.25, 0.3) is 0 Å². The summed E-state index contributed by atoms with van der Waals surface area (Å²) in [4.78, 5) is 11.9. The maximum atomic E-state index is 11.9. The minimum Gasteiger partial charge on any atom is -0.399 e. The zero-order valence-electron chi connectivity index (χ0n) is 11.7. The lowest BCUT2D eigenvalue weighted by atomic mass is 9.75. The zero-order chi connectivity index (χ0) is 13.9. The highest BCUT2D eigenvalue weighted by Gasteiger charge is 2.28. The third-order valence-corrected chi connectivity index (χ3v) is 3.68. The van der Waals surface area contributed by atoms with Gasteiger partial charge in [0.15, 0.2) is 0 Å². The molecule has 2 rings (SSSR count). The van der Waals surface area contributed by atoms with Crippen LogP contribution in [0.1, 0.15) is 39.5 Å². The summed E-state index contributed by atoms with van der Waals surface area (Å²) in [6.45, 7) is 4.52. The van der Waals surface area contributed by atoms with Crippen LogP contribution < -0.4 is 16.4 Å². The van der Waals surface area contributed by atoms with Gasteiger partial charge in [0.25, 0.3) is 0 Å². The number of amides is 2. The van der Waals surface area contributed by atoms with Crippen molar-refractivity contribution < 1.29 is 4.79 Å². The number of hydrogen-bond acceptors (Lipinski definition) is 2. The fourth-order valence-corrected chi connectivity index (χ4v) is 2.79. The Bertz CT molecular complexity index is 456. The van der Waals surface area contributed by atoms with E-state index in [4.69, 9.17) is 5.73 Å². The first-order valence-corrected chi connectivity index (χ1v) is 6.88. The first-order chi connectivity index (χ1) is 8.94. The van der Waals surface area contributed by atoms with Crippen LogP contribution in [0.15, 0.2) is 24.3 Å². The molecule has 104 valence electrons. The minimum absolute atomic E-state index is 0.145. The van der Waals surface area contributed by atoms with Crippen LogP contribution in [0.3, 0.4) is 0 Å². The monoisotopic (exact) mass is 261 g/mol. The number of benzene rings is 1. The highest BCUT2D eigenvalue weighted by atomic mass is 16.2. The Morgan fingerprint density at radius 3 is 2.89 bits per heavy atom. The second-order valence-electron chi connectivity index (χ2n) is 6.18. The molecular weight excluding hydrogens is 238 g/mol. The minimum atomic E-state index is -0.145. The Hall–Kier alpha value is -1.71. The Morgan fingerprint density at radius 1 is 1.42 bits per heavy atom. The van der Waals surface area contributed by atoms with Crippen molar-refractivity contribution in [1.82, 2.24) is 5.32 Å². The van der Waals surface area contributed by atoms with E-state index in [-0.39, 0.29) is 12.1 Å². The van der Waals surface area contributed by atoms with Crippen molar-refractivity contribution in [3.05, 3.63) is 24.3 Å². The molecule has 4 nitrogen and oxygen atoms in total. The van der Waals surface area contributed by atoms with Crippen LogP contribution in [0.2, 0.25) is 0 Å². The molecule has 0 bridgehead atoms. The van der Waals surface area contributed by atoms with E-state index in [1.54, 1.807) is 12.1 Å². The van der Waals surface area contributed by atoms with Gasteiger partial charge in [-0.05, 0) is 42.9 Å². The van der Waals surface area contributed by atoms with Crippen LogP contribution >= 0.6 is 0 Å². The molecule has 1 aliphatic rings. The average molecular weight is 261 g/mol. The summed E-state index contributed by atoms with van der Waals surface area (Å²) < 4.78 is 0. The van der Waals surface area contributed by atoms with Gasteiger partial charge in [-0.2, -0.15) is 0 Å². The molecule has 1 unspecified atom stereocenters. The summed E-state index contributed by atoms with van der Waals surface area (Å²) in [7, 11) is 0. The number of nitrogen functional groups attached to an aromatic ring is 1. The summed E-state index contributed by atoms with van der Waals surface area (Å²) in [6.07, 6.45) is 4.52. The maximum absolute atomic E-state index is 11.9. The number of nitrogens with two attached hydrogens (primary N) is 1. The van der Waals surface area contributed by atoms with Gasteiger partial charge in [0.05, 0.1) is 0 Å². The van der Waals surface area contributed by atoms with E-state index in [1.165, 1.54) is 12.8 Å². The summed E-state index contributed by atoms with van der Waals surface area (Å²) in [5.41, 5.74) is 7.39. The highest BCUT2D eigenvalue weighted by molar-refractivity contribution is 5.89. The quantitative estimate of drug-likeness (QED) is 0.715. The number of urea groups is 1. The van der Waals surface area contributed by atoms with Crippen molar-refractivity contribution >= 4 is 17.4 Å². The lowest BCUT2D eigenvalue weighted by Gasteiger charge is -2.35. The summed E-state index contributed by atoms with van der Waals surface area (Å²) in [6, 6.07) is 7.34. The normalized spacial score (nSPS) is 21.7. The Morgan fingerprint density at radius 2 is 2.21 bits per heavy atom. The van der Waals surface area contributed by atoms with E-state index in [2.05, 4.69) is 24.5 Å². The van der Waals surface area contributed by atoms with Gasteiger partial charge >= 0.3 is 6.03 Å². The Kier molecular flexibility index (Phi) is 3.98. The van der Waals surface area contributed by atoms with E-state index in [0.29, 0.717) is 11.1 Å². The van der Waals surface area contributed by atoms with Gasteiger partial charge in [0.1, 0.15) is 0 Å². The molecule has 1 aromatic rings. The highest BCUT2D eigenvalue weighted by Crippen LogP contribution is 2.35. The van der Waals surface area contributed by atoms with Gasteiger partial charge in [0.2, 0.25) is 0 Å². The number of anilines is 2. The molecule has 0 spiro atoms. The molecule has 19 heavy (non-hydrogen) atoms. The lowest BCUT2D eigenvalue weighted by molar-refractivity contribution is 0.196. The molecule has 2 amide bonds. The first kappa shape index (κ1) is 13.7. The molecule has 0 heterocycles. The van der Waals surface area contributed by atoms with Crippen molar-refractivity contribution in [2.45, 2.75) is 45.6 Å². The van der Waals surface area contributed by atoms with E-state index < -0.39 is 0 Å². The van der Waals surface area contributed by atoms with Crippen molar-refractivity contribution in [3.63, 3.8) is 0 Å². The van der Waals surface area contributed by atoms with Crippen LogP contribution in [-0.4, -0.2) is 12.1 Å². The van der Waals surface area contributed by atoms with Gasteiger partial charge in [-0.1, -0.05) is 26.3 Å². The zero-order valence-corrected chi connectivity index (χ0v) is 11.7. The van der Waals surface area contributed by atoms with Crippen molar-refractivity contribution in [2.75, 3.05) is 11.1 Å². The van der Waals surface area contributed by atoms with Crippen molar-refractivity contribution in [1.29, 1.82) is 0 Å². The van der Waals surface area contributed by atoms with E-state index in [9.17, 15) is 4.79 Å². The van der Waals surface area contributed by atoms with E-state index in [1.807, 2.05) is 12.1 Å². The second kappa shape index (κ2) is 5.51.